The summed E-state index contributed by atoms with van der Waals surface area (Å²) in [6.45, 7) is 1.86. The Kier molecular flexibility index (Phi) is 3.87. The summed E-state index contributed by atoms with van der Waals surface area (Å²) >= 11 is 13.3. The van der Waals surface area contributed by atoms with Gasteiger partial charge in [0.05, 0.1) is 4.34 Å². The molecular formula is C13H10Cl2OS. The van der Waals surface area contributed by atoms with Crippen LogP contribution in [0.25, 0.3) is 0 Å². The first-order chi connectivity index (χ1) is 8.08. The molecule has 0 atom stereocenters. The summed E-state index contributed by atoms with van der Waals surface area (Å²) in [6, 6.07) is 9.07. The fourth-order valence-corrected chi connectivity index (χ4v) is 2.87. The van der Waals surface area contributed by atoms with Gasteiger partial charge in [-0.25, -0.2) is 0 Å². The van der Waals surface area contributed by atoms with Crippen molar-refractivity contribution in [3.8, 4) is 0 Å². The quantitative estimate of drug-likeness (QED) is 0.741. The summed E-state index contributed by atoms with van der Waals surface area (Å²) in [5.41, 5.74) is 1.52. The van der Waals surface area contributed by atoms with Crippen LogP contribution in [0.15, 0.2) is 30.3 Å². The van der Waals surface area contributed by atoms with Gasteiger partial charge in [0.2, 0.25) is 0 Å². The fourth-order valence-electron chi connectivity index (χ4n) is 1.61. The van der Waals surface area contributed by atoms with Gasteiger partial charge in [-0.1, -0.05) is 35.3 Å². The Morgan fingerprint density at radius 3 is 2.65 bits per heavy atom. The Morgan fingerprint density at radius 1 is 1.24 bits per heavy atom. The molecule has 1 aromatic carbocycles. The Hall–Kier alpha value is -0.830. The largest absolute Gasteiger partial charge is 0.294 e. The Morgan fingerprint density at radius 2 is 2.00 bits per heavy atom. The maximum atomic E-state index is 12.1. The number of carbonyl (C=O) groups excluding carboxylic acids is 1. The number of ketones is 1. The average Bonchev–Trinajstić information content (AvgIpc) is 2.68. The molecule has 2 rings (SSSR count). The molecule has 0 unspecified atom stereocenters. The number of Topliss-reactive ketones (excluding diaryl/α,β-unsaturated/α-hetero) is 1. The second-order valence-electron chi connectivity index (χ2n) is 3.72. The first-order valence-electron chi connectivity index (χ1n) is 5.10. The molecule has 0 spiro atoms. The Labute approximate surface area is 114 Å². The lowest BCUT2D eigenvalue weighted by atomic mass is 10.0. The highest BCUT2D eigenvalue weighted by atomic mass is 35.5. The monoisotopic (exact) mass is 284 g/mol. The lowest BCUT2D eigenvalue weighted by molar-refractivity contribution is 0.0993. The molecule has 4 heteroatoms. The minimum Gasteiger partial charge on any atom is -0.294 e. The van der Waals surface area contributed by atoms with Crippen LogP contribution in [0.2, 0.25) is 9.36 Å². The number of halogens is 2. The van der Waals surface area contributed by atoms with Crippen LogP contribution >= 0.6 is 34.5 Å². The zero-order valence-electron chi connectivity index (χ0n) is 9.17. The molecule has 0 N–H and O–H groups in total. The minimum atomic E-state index is 0.0727. The SMILES string of the molecule is Cc1c(Cl)cccc1C(=O)Cc1ccc(Cl)s1. The summed E-state index contributed by atoms with van der Waals surface area (Å²) in [6.07, 6.45) is 0.374. The molecule has 17 heavy (non-hydrogen) atoms. The van der Waals surface area contributed by atoms with E-state index in [4.69, 9.17) is 23.2 Å². The summed E-state index contributed by atoms with van der Waals surface area (Å²) in [4.78, 5) is 13.1. The molecule has 0 bridgehead atoms. The third kappa shape index (κ3) is 2.89. The van der Waals surface area contributed by atoms with E-state index in [1.807, 2.05) is 13.0 Å². The lowest BCUT2D eigenvalue weighted by Crippen LogP contribution is -2.04. The van der Waals surface area contributed by atoms with Crippen molar-refractivity contribution >= 4 is 40.3 Å². The third-order valence-electron chi connectivity index (χ3n) is 2.53. The van der Waals surface area contributed by atoms with E-state index in [1.54, 1.807) is 24.3 Å². The van der Waals surface area contributed by atoms with Crippen molar-refractivity contribution in [1.82, 2.24) is 0 Å². The number of benzene rings is 1. The van der Waals surface area contributed by atoms with Gasteiger partial charge in [0.15, 0.2) is 5.78 Å². The normalized spacial score (nSPS) is 10.5. The van der Waals surface area contributed by atoms with E-state index in [2.05, 4.69) is 0 Å². The highest BCUT2D eigenvalue weighted by Gasteiger charge is 2.12. The van der Waals surface area contributed by atoms with Gasteiger partial charge in [0, 0.05) is 21.9 Å². The molecule has 0 amide bonds. The molecule has 2 aromatic rings. The molecule has 0 aliphatic carbocycles. The minimum absolute atomic E-state index is 0.0727. The summed E-state index contributed by atoms with van der Waals surface area (Å²) < 4.78 is 0.704. The predicted molar refractivity (Wildman–Crippen MR) is 73.6 cm³/mol. The van der Waals surface area contributed by atoms with Gasteiger partial charge in [0.25, 0.3) is 0 Å². The molecule has 88 valence electrons. The number of thiophene rings is 1. The standard InChI is InChI=1S/C13H10Cl2OS/c1-8-10(3-2-4-11(8)14)12(16)7-9-5-6-13(15)17-9/h2-6H,7H2,1H3. The second kappa shape index (κ2) is 5.21. The smallest absolute Gasteiger partial charge is 0.168 e. The highest BCUT2D eigenvalue weighted by Crippen LogP contribution is 2.24. The molecule has 0 saturated carbocycles. The first kappa shape index (κ1) is 12.6. The van der Waals surface area contributed by atoms with E-state index in [0.717, 1.165) is 10.4 Å². The van der Waals surface area contributed by atoms with Crippen LogP contribution in [0.4, 0.5) is 0 Å². The fraction of sp³-hybridized carbons (Fsp3) is 0.154. The van der Waals surface area contributed by atoms with E-state index in [1.165, 1.54) is 11.3 Å². The Bertz CT molecular complexity index is 560. The predicted octanol–water partition coefficient (Wildman–Crippen LogP) is 4.79. The van der Waals surface area contributed by atoms with Crippen LogP contribution in [-0.4, -0.2) is 5.78 Å². The summed E-state index contributed by atoms with van der Waals surface area (Å²) in [5, 5.41) is 0.625. The van der Waals surface area contributed by atoms with Crippen molar-refractivity contribution in [2.45, 2.75) is 13.3 Å². The van der Waals surface area contributed by atoms with Crippen molar-refractivity contribution in [3.05, 3.63) is 55.7 Å². The van der Waals surface area contributed by atoms with Crippen molar-refractivity contribution in [3.63, 3.8) is 0 Å². The van der Waals surface area contributed by atoms with Gasteiger partial charge in [-0.2, -0.15) is 0 Å². The topological polar surface area (TPSA) is 17.1 Å². The second-order valence-corrected chi connectivity index (χ2v) is 5.93. The Balaban J connectivity index is 2.23. The number of rotatable bonds is 3. The zero-order valence-corrected chi connectivity index (χ0v) is 11.5. The molecule has 0 saturated heterocycles. The highest BCUT2D eigenvalue weighted by molar-refractivity contribution is 7.16. The lowest BCUT2D eigenvalue weighted by Gasteiger charge is -2.05. The molecule has 0 aliphatic heterocycles. The van der Waals surface area contributed by atoms with Crippen LogP contribution in [-0.2, 0) is 6.42 Å². The van der Waals surface area contributed by atoms with Crippen LogP contribution in [0, 0.1) is 6.92 Å². The van der Waals surface area contributed by atoms with E-state index < -0.39 is 0 Å². The molecule has 1 heterocycles. The van der Waals surface area contributed by atoms with Crippen molar-refractivity contribution in [1.29, 1.82) is 0 Å². The summed E-state index contributed by atoms with van der Waals surface area (Å²) in [7, 11) is 0. The molecule has 0 aliphatic rings. The van der Waals surface area contributed by atoms with Crippen LogP contribution in [0.5, 0.6) is 0 Å². The number of hydrogen-bond acceptors (Lipinski definition) is 2. The van der Waals surface area contributed by atoms with Gasteiger partial charge in [-0.3, -0.25) is 4.79 Å². The van der Waals surface area contributed by atoms with Crippen molar-refractivity contribution in [2.75, 3.05) is 0 Å². The van der Waals surface area contributed by atoms with Crippen LogP contribution in [0.3, 0.4) is 0 Å². The molecule has 0 fully saturated rings. The van der Waals surface area contributed by atoms with Gasteiger partial charge in [-0.15, -0.1) is 11.3 Å². The van der Waals surface area contributed by atoms with Crippen molar-refractivity contribution in [2.24, 2.45) is 0 Å². The third-order valence-corrected chi connectivity index (χ3v) is 4.17. The van der Waals surface area contributed by atoms with E-state index in [0.29, 0.717) is 21.3 Å². The molecule has 1 aromatic heterocycles. The van der Waals surface area contributed by atoms with Crippen LogP contribution < -0.4 is 0 Å². The van der Waals surface area contributed by atoms with E-state index in [9.17, 15) is 4.79 Å². The van der Waals surface area contributed by atoms with Gasteiger partial charge < -0.3 is 0 Å². The molecule has 0 radical (unpaired) electrons. The average molecular weight is 285 g/mol. The number of carbonyl (C=O) groups is 1. The zero-order chi connectivity index (χ0) is 12.4. The van der Waals surface area contributed by atoms with E-state index in [-0.39, 0.29) is 5.78 Å². The molecular weight excluding hydrogens is 275 g/mol. The maximum absolute atomic E-state index is 12.1. The van der Waals surface area contributed by atoms with Gasteiger partial charge in [0.1, 0.15) is 0 Å². The van der Waals surface area contributed by atoms with Crippen LogP contribution in [0.1, 0.15) is 20.8 Å². The molecule has 1 nitrogen and oxygen atoms in total. The van der Waals surface area contributed by atoms with Crippen molar-refractivity contribution < 1.29 is 4.79 Å². The van der Waals surface area contributed by atoms with Gasteiger partial charge in [-0.05, 0) is 30.7 Å². The number of hydrogen-bond donors (Lipinski definition) is 0. The van der Waals surface area contributed by atoms with Gasteiger partial charge >= 0.3 is 0 Å². The summed E-state index contributed by atoms with van der Waals surface area (Å²) in [5.74, 6) is 0.0727. The van der Waals surface area contributed by atoms with E-state index >= 15 is 0 Å². The first-order valence-corrected chi connectivity index (χ1v) is 6.67. The maximum Gasteiger partial charge on any atom is 0.168 e.